The van der Waals surface area contributed by atoms with Gasteiger partial charge in [0, 0.05) is 4.88 Å². The third kappa shape index (κ3) is 3.32. The first kappa shape index (κ1) is 17.0. The highest BCUT2D eigenvalue weighted by molar-refractivity contribution is 7.10. The molecule has 3 nitrogen and oxygen atoms in total. The number of thiophene rings is 1. The molecule has 1 amide bonds. The highest BCUT2D eigenvalue weighted by Gasteiger charge is 2.46. The molecule has 1 aromatic heterocycles. The summed E-state index contributed by atoms with van der Waals surface area (Å²) in [6.45, 7) is -0.108. The molecule has 1 aliphatic rings. The second-order valence-corrected chi connectivity index (χ2v) is 6.85. The lowest BCUT2D eigenvalue weighted by Gasteiger charge is -2.27. The predicted octanol–water partition coefficient (Wildman–Crippen LogP) is 3.79. The summed E-state index contributed by atoms with van der Waals surface area (Å²) >= 11 is 1.37. The lowest BCUT2D eigenvalue weighted by Crippen LogP contribution is -2.42. The van der Waals surface area contributed by atoms with Crippen LogP contribution in [-0.4, -0.2) is 17.6 Å². The largest absolute Gasteiger partial charge is 0.417 e. The van der Waals surface area contributed by atoms with Crippen LogP contribution in [0.5, 0.6) is 0 Å². The molecule has 1 aromatic carbocycles. The summed E-state index contributed by atoms with van der Waals surface area (Å²) in [6, 6.07) is 8.22. The van der Waals surface area contributed by atoms with Gasteiger partial charge in [0.05, 0.1) is 17.7 Å². The molecule has 1 heterocycles. The zero-order valence-corrected chi connectivity index (χ0v) is 13.5. The molecule has 7 heteroatoms. The van der Waals surface area contributed by atoms with E-state index in [1.54, 1.807) is 12.1 Å². The first-order valence-electron chi connectivity index (χ1n) is 7.53. The number of benzene rings is 1. The van der Waals surface area contributed by atoms with Gasteiger partial charge in [0.25, 0.3) is 5.91 Å². The highest BCUT2D eigenvalue weighted by atomic mass is 32.1. The van der Waals surface area contributed by atoms with Crippen LogP contribution in [0.3, 0.4) is 0 Å². The van der Waals surface area contributed by atoms with Crippen molar-refractivity contribution in [3.8, 4) is 0 Å². The third-order valence-electron chi connectivity index (χ3n) is 4.20. The quantitative estimate of drug-likeness (QED) is 0.857. The molecule has 1 aliphatic carbocycles. The smallest absolute Gasteiger partial charge is 0.382 e. The number of amides is 1. The van der Waals surface area contributed by atoms with E-state index in [4.69, 9.17) is 0 Å². The number of alkyl halides is 3. The molecular weight excluding hydrogens is 339 g/mol. The van der Waals surface area contributed by atoms with Gasteiger partial charge in [-0.25, -0.2) is 0 Å². The third-order valence-corrected chi connectivity index (χ3v) is 5.23. The summed E-state index contributed by atoms with van der Waals surface area (Å²) in [5.41, 5.74) is -2.64. The monoisotopic (exact) mass is 355 g/mol. The molecule has 1 atom stereocenters. The summed E-state index contributed by atoms with van der Waals surface area (Å²) < 4.78 is 39.1. The summed E-state index contributed by atoms with van der Waals surface area (Å²) in [5.74, 6) is -0.812. The molecule has 0 saturated heterocycles. The van der Waals surface area contributed by atoms with Crippen LogP contribution in [0.25, 0.3) is 0 Å². The Morgan fingerprint density at radius 1 is 1.21 bits per heavy atom. The van der Waals surface area contributed by atoms with Crippen LogP contribution in [0.1, 0.15) is 33.6 Å². The van der Waals surface area contributed by atoms with Gasteiger partial charge in [-0.3, -0.25) is 4.79 Å². The van der Waals surface area contributed by atoms with Crippen molar-refractivity contribution < 1.29 is 23.1 Å². The van der Waals surface area contributed by atoms with Crippen LogP contribution in [0.15, 0.2) is 41.8 Å². The number of nitrogens with one attached hydrogen (secondary N) is 1. The minimum atomic E-state index is -4.60. The van der Waals surface area contributed by atoms with E-state index in [1.165, 1.54) is 23.5 Å². The number of halogens is 3. The van der Waals surface area contributed by atoms with Crippen LogP contribution < -0.4 is 5.32 Å². The Balaban J connectivity index is 1.79. The van der Waals surface area contributed by atoms with Crippen LogP contribution in [-0.2, 0) is 11.8 Å². The van der Waals surface area contributed by atoms with Crippen LogP contribution in [0.2, 0.25) is 0 Å². The average molecular weight is 355 g/mol. The molecule has 1 saturated carbocycles. The topological polar surface area (TPSA) is 49.3 Å². The lowest BCUT2D eigenvalue weighted by atomic mass is 9.95. The van der Waals surface area contributed by atoms with Crippen molar-refractivity contribution in [2.45, 2.75) is 24.6 Å². The molecule has 2 aromatic rings. The van der Waals surface area contributed by atoms with Crippen molar-refractivity contribution in [2.75, 3.05) is 6.54 Å². The van der Waals surface area contributed by atoms with Crippen molar-refractivity contribution >= 4 is 17.2 Å². The van der Waals surface area contributed by atoms with Gasteiger partial charge in [-0.05, 0) is 42.3 Å². The summed E-state index contributed by atoms with van der Waals surface area (Å²) in [7, 11) is 0. The number of rotatable bonds is 5. The van der Waals surface area contributed by atoms with E-state index in [0.29, 0.717) is 0 Å². The molecule has 1 fully saturated rings. The van der Waals surface area contributed by atoms with E-state index in [2.05, 4.69) is 5.32 Å². The molecule has 0 radical (unpaired) electrons. The highest BCUT2D eigenvalue weighted by Crippen LogP contribution is 2.46. The fourth-order valence-electron chi connectivity index (χ4n) is 2.76. The van der Waals surface area contributed by atoms with E-state index >= 15 is 0 Å². The minimum absolute atomic E-state index is 0.0225. The van der Waals surface area contributed by atoms with E-state index in [-0.39, 0.29) is 12.5 Å². The van der Waals surface area contributed by atoms with Crippen molar-refractivity contribution in [3.05, 3.63) is 57.8 Å². The standard InChI is InChI=1S/C17H16F3NO2S/c18-17(19,20)13-5-2-1-4-12(13)15(22)21-10-16(23,11-7-8-11)14-6-3-9-24-14/h1-6,9,11,23H,7-8,10H2,(H,21,22)/t16-/m0/s1. The molecular formula is C17H16F3NO2S. The SMILES string of the molecule is O=C(NC[C@@](O)(c1cccs1)C1CC1)c1ccccc1C(F)(F)F. The van der Waals surface area contributed by atoms with Crippen molar-refractivity contribution in [1.82, 2.24) is 5.32 Å². The van der Waals surface area contributed by atoms with Gasteiger partial charge in [0.2, 0.25) is 0 Å². The first-order chi connectivity index (χ1) is 11.3. The van der Waals surface area contributed by atoms with E-state index < -0.39 is 28.8 Å². The van der Waals surface area contributed by atoms with Gasteiger partial charge in [-0.2, -0.15) is 13.2 Å². The Hall–Kier alpha value is -1.86. The van der Waals surface area contributed by atoms with Crippen molar-refractivity contribution in [1.29, 1.82) is 0 Å². The van der Waals surface area contributed by atoms with Crippen LogP contribution >= 0.6 is 11.3 Å². The molecule has 3 rings (SSSR count). The van der Waals surface area contributed by atoms with Gasteiger partial charge < -0.3 is 10.4 Å². The Kier molecular flexibility index (Phi) is 4.40. The first-order valence-corrected chi connectivity index (χ1v) is 8.41. The number of hydrogen-bond donors (Lipinski definition) is 2. The van der Waals surface area contributed by atoms with Crippen LogP contribution in [0.4, 0.5) is 13.2 Å². The molecule has 0 spiro atoms. The molecule has 0 bridgehead atoms. The molecule has 0 aliphatic heterocycles. The van der Waals surface area contributed by atoms with Gasteiger partial charge in [0.1, 0.15) is 5.60 Å². The molecule has 2 N–H and O–H groups in total. The van der Waals surface area contributed by atoms with Crippen molar-refractivity contribution in [2.24, 2.45) is 5.92 Å². The number of hydrogen-bond acceptors (Lipinski definition) is 3. The Bertz CT molecular complexity index is 726. The minimum Gasteiger partial charge on any atom is -0.382 e. The lowest BCUT2D eigenvalue weighted by molar-refractivity contribution is -0.137. The Morgan fingerprint density at radius 3 is 2.50 bits per heavy atom. The Morgan fingerprint density at radius 2 is 1.92 bits per heavy atom. The van der Waals surface area contributed by atoms with Crippen LogP contribution in [0, 0.1) is 5.92 Å². The zero-order chi connectivity index (χ0) is 17.4. The maximum absolute atomic E-state index is 13.0. The van der Waals surface area contributed by atoms with E-state index in [0.717, 1.165) is 29.9 Å². The van der Waals surface area contributed by atoms with Gasteiger partial charge in [0.15, 0.2) is 0 Å². The number of aliphatic hydroxyl groups is 1. The van der Waals surface area contributed by atoms with Gasteiger partial charge in [-0.15, -0.1) is 11.3 Å². The molecule has 0 unspecified atom stereocenters. The van der Waals surface area contributed by atoms with E-state index in [9.17, 15) is 23.1 Å². The van der Waals surface area contributed by atoms with Gasteiger partial charge in [-0.1, -0.05) is 18.2 Å². The maximum Gasteiger partial charge on any atom is 0.417 e. The molecule has 128 valence electrons. The fourth-order valence-corrected chi connectivity index (χ4v) is 3.66. The Labute approximate surface area is 141 Å². The number of carbonyl (C=O) groups is 1. The summed E-state index contributed by atoms with van der Waals surface area (Å²) in [4.78, 5) is 13.0. The second kappa shape index (κ2) is 6.22. The predicted molar refractivity (Wildman–Crippen MR) is 84.7 cm³/mol. The van der Waals surface area contributed by atoms with Gasteiger partial charge >= 0.3 is 6.18 Å². The normalized spacial score (nSPS) is 17.3. The fraction of sp³-hybridized carbons (Fsp3) is 0.353. The summed E-state index contributed by atoms with van der Waals surface area (Å²) in [6.07, 6.45) is -2.93. The maximum atomic E-state index is 13.0. The van der Waals surface area contributed by atoms with E-state index in [1.807, 2.05) is 5.38 Å². The number of carbonyl (C=O) groups excluding carboxylic acids is 1. The second-order valence-electron chi connectivity index (χ2n) is 5.90. The van der Waals surface area contributed by atoms with Crippen molar-refractivity contribution in [3.63, 3.8) is 0 Å². The summed E-state index contributed by atoms with van der Waals surface area (Å²) in [5, 5.41) is 15.2. The molecule has 24 heavy (non-hydrogen) atoms. The average Bonchev–Trinajstić information content (AvgIpc) is 3.26. The zero-order valence-electron chi connectivity index (χ0n) is 12.6.